The minimum Gasteiger partial charge on any atom is -0.417 e. The lowest BCUT2D eigenvalue weighted by Gasteiger charge is -1.64. The summed E-state index contributed by atoms with van der Waals surface area (Å²) in [5.41, 5.74) is 0. The predicted octanol–water partition coefficient (Wildman–Crippen LogP) is -2.04. The van der Waals surface area contributed by atoms with Crippen LogP contribution >= 0.6 is 0 Å². The second-order valence-corrected chi connectivity index (χ2v) is 2.41. The van der Waals surface area contributed by atoms with Crippen LogP contribution in [0.1, 0.15) is 0 Å². The van der Waals surface area contributed by atoms with Crippen molar-refractivity contribution in [2.24, 2.45) is 0 Å². The van der Waals surface area contributed by atoms with E-state index in [1.807, 2.05) is 0 Å². The standard InChI is InChI=1S/C3H5NO2Si/c5-3-4-2(7)1-6-3/h1H,7H3,(H,4,5). The van der Waals surface area contributed by atoms with Gasteiger partial charge in [0.1, 0.15) is 6.26 Å². The summed E-state index contributed by atoms with van der Waals surface area (Å²) < 4.78 is 4.39. The first-order valence-corrected chi connectivity index (χ1v) is 2.93. The van der Waals surface area contributed by atoms with Crippen LogP contribution in [-0.2, 0) is 0 Å². The van der Waals surface area contributed by atoms with Gasteiger partial charge in [-0.05, 0) is 0 Å². The van der Waals surface area contributed by atoms with Crippen LogP contribution in [0.3, 0.4) is 0 Å². The van der Waals surface area contributed by atoms with Crippen LogP contribution in [0.25, 0.3) is 0 Å². The quantitative estimate of drug-likeness (QED) is 0.396. The van der Waals surface area contributed by atoms with Crippen molar-refractivity contribution in [2.45, 2.75) is 0 Å². The Morgan fingerprint density at radius 2 is 2.57 bits per heavy atom. The first-order chi connectivity index (χ1) is 3.29. The average molecular weight is 115 g/mol. The SMILES string of the molecule is O=c1[nH]c([SiH3])co1. The topological polar surface area (TPSA) is 46.0 Å². The van der Waals surface area contributed by atoms with E-state index in [-0.39, 0.29) is 5.76 Å². The summed E-state index contributed by atoms with van der Waals surface area (Å²) in [5, 5.41) is 0.894. The van der Waals surface area contributed by atoms with E-state index in [4.69, 9.17) is 0 Å². The molecule has 1 rings (SSSR count). The van der Waals surface area contributed by atoms with E-state index >= 15 is 0 Å². The van der Waals surface area contributed by atoms with Crippen LogP contribution in [-0.4, -0.2) is 15.2 Å². The highest BCUT2D eigenvalue weighted by Crippen LogP contribution is 1.58. The smallest absolute Gasteiger partial charge is 0.416 e. The highest BCUT2D eigenvalue weighted by Gasteiger charge is 1.84. The number of nitrogens with one attached hydrogen (secondary N) is 1. The number of rotatable bonds is 0. The third-order valence-electron chi connectivity index (χ3n) is 0.642. The van der Waals surface area contributed by atoms with E-state index < -0.39 is 0 Å². The molecule has 0 atom stereocenters. The highest BCUT2D eigenvalue weighted by molar-refractivity contribution is 6.30. The van der Waals surface area contributed by atoms with E-state index in [1.165, 1.54) is 6.26 Å². The lowest BCUT2D eigenvalue weighted by molar-refractivity contribution is 0.515. The molecule has 0 aliphatic rings. The number of hydrogen-bond donors (Lipinski definition) is 1. The summed E-state index contributed by atoms with van der Waals surface area (Å²) in [6.07, 6.45) is 1.44. The van der Waals surface area contributed by atoms with Gasteiger partial charge in [-0.2, -0.15) is 0 Å². The summed E-state index contributed by atoms with van der Waals surface area (Å²) in [7, 11) is 0.845. The largest absolute Gasteiger partial charge is 0.417 e. The number of aromatic nitrogens is 1. The molecule has 1 aromatic rings. The number of aromatic amines is 1. The minimum atomic E-state index is -0.356. The Balaban J connectivity index is 3.30. The molecule has 0 spiro atoms. The Kier molecular flexibility index (Phi) is 0.865. The van der Waals surface area contributed by atoms with Crippen LogP contribution < -0.4 is 11.1 Å². The fourth-order valence-electron chi connectivity index (χ4n) is 0.362. The predicted molar refractivity (Wildman–Crippen MR) is 28.9 cm³/mol. The summed E-state index contributed by atoms with van der Waals surface area (Å²) in [4.78, 5) is 12.6. The van der Waals surface area contributed by atoms with Crippen molar-refractivity contribution in [3.8, 4) is 0 Å². The maximum atomic E-state index is 10.1. The lowest BCUT2D eigenvalue weighted by atomic mass is 11.0. The molecule has 0 bridgehead atoms. The molecule has 3 nitrogen and oxygen atoms in total. The van der Waals surface area contributed by atoms with Crippen LogP contribution in [0.2, 0.25) is 0 Å². The van der Waals surface area contributed by atoms with Gasteiger partial charge in [-0.1, -0.05) is 0 Å². The van der Waals surface area contributed by atoms with Gasteiger partial charge >= 0.3 is 5.76 Å². The summed E-state index contributed by atoms with van der Waals surface area (Å²) >= 11 is 0. The molecule has 7 heavy (non-hydrogen) atoms. The monoisotopic (exact) mass is 115 g/mol. The molecule has 1 heterocycles. The van der Waals surface area contributed by atoms with Crippen LogP contribution in [0, 0.1) is 0 Å². The Morgan fingerprint density at radius 3 is 2.71 bits per heavy atom. The highest BCUT2D eigenvalue weighted by atomic mass is 28.1. The van der Waals surface area contributed by atoms with Gasteiger partial charge in [0.25, 0.3) is 0 Å². The van der Waals surface area contributed by atoms with Gasteiger partial charge in [0.15, 0.2) is 0 Å². The van der Waals surface area contributed by atoms with E-state index in [0.29, 0.717) is 0 Å². The molecule has 0 aromatic carbocycles. The molecule has 38 valence electrons. The van der Waals surface area contributed by atoms with Crippen molar-refractivity contribution < 1.29 is 4.42 Å². The minimum absolute atomic E-state index is 0.356. The molecule has 4 heteroatoms. The molecular weight excluding hydrogens is 110 g/mol. The van der Waals surface area contributed by atoms with Crippen LogP contribution in [0.15, 0.2) is 15.5 Å². The zero-order chi connectivity index (χ0) is 5.28. The van der Waals surface area contributed by atoms with E-state index in [9.17, 15) is 4.79 Å². The third kappa shape index (κ3) is 0.804. The molecule has 0 unspecified atom stereocenters. The molecule has 1 N–H and O–H groups in total. The Hall–Kier alpha value is -0.773. The van der Waals surface area contributed by atoms with E-state index in [0.717, 1.165) is 15.6 Å². The maximum absolute atomic E-state index is 10.1. The van der Waals surface area contributed by atoms with Crippen molar-refractivity contribution in [2.75, 3.05) is 0 Å². The Morgan fingerprint density at radius 1 is 1.86 bits per heavy atom. The molecule has 0 fully saturated rings. The number of H-pyrrole nitrogens is 1. The molecule has 0 amide bonds. The first-order valence-electron chi connectivity index (χ1n) is 1.93. The summed E-state index contributed by atoms with van der Waals surface area (Å²) in [6, 6.07) is 0. The maximum Gasteiger partial charge on any atom is 0.416 e. The van der Waals surface area contributed by atoms with Crippen molar-refractivity contribution in [1.82, 2.24) is 4.98 Å². The molecule has 0 saturated carbocycles. The number of hydrogen-bond acceptors (Lipinski definition) is 2. The average Bonchev–Trinajstić information content (AvgIpc) is 1.87. The summed E-state index contributed by atoms with van der Waals surface area (Å²) in [6.45, 7) is 0. The zero-order valence-electron chi connectivity index (χ0n) is 3.89. The lowest BCUT2D eigenvalue weighted by Crippen LogP contribution is -2.07. The Bertz CT molecular complexity index is 201. The van der Waals surface area contributed by atoms with Crippen molar-refractivity contribution in [3.63, 3.8) is 0 Å². The van der Waals surface area contributed by atoms with Crippen molar-refractivity contribution >= 4 is 15.6 Å². The van der Waals surface area contributed by atoms with Crippen LogP contribution in [0.4, 0.5) is 0 Å². The molecule has 0 aliphatic carbocycles. The van der Waals surface area contributed by atoms with Gasteiger partial charge < -0.3 is 4.42 Å². The third-order valence-corrected chi connectivity index (χ3v) is 1.13. The van der Waals surface area contributed by atoms with E-state index in [1.54, 1.807) is 0 Å². The van der Waals surface area contributed by atoms with Gasteiger partial charge in [-0.3, -0.25) is 4.98 Å². The molecule has 1 aromatic heterocycles. The molecule has 0 radical (unpaired) electrons. The Labute approximate surface area is 42.8 Å². The van der Waals surface area contributed by atoms with Gasteiger partial charge in [0.2, 0.25) is 0 Å². The van der Waals surface area contributed by atoms with E-state index in [2.05, 4.69) is 9.40 Å². The summed E-state index contributed by atoms with van der Waals surface area (Å²) in [5.74, 6) is -0.356. The second-order valence-electron chi connectivity index (χ2n) is 1.33. The number of oxazole rings is 1. The normalized spacial score (nSPS) is 9.71. The van der Waals surface area contributed by atoms with Crippen molar-refractivity contribution in [1.29, 1.82) is 0 Å². The molecule has 0 saturated heterocycles. The van der Waals surface area contributed by atoms with Gasteiger partial charge in [0.05, 0.1) is 10.2 Å². The van der Waals surface area contributed by atoms with Gasteiger partial charge in [0, 0.05) is 5.32 Å². The van der Waals surface area contributed by atoms with Crippen LogP contribution in [0.5, 0.6) is 0 Å². The van der Waals surface area contributed by atoms with Crippen molar-refractivity contribution in [3.05, 3.63) is 16.8 Å². The molecule has 0 aliphatic heterocycles. The fourth-order valence-corrected chi connectivity index (χ4v) is 0.684. The second kappa shape index (κ2) is 1.38. The fraction of sp³-hybridized carbons (Fsp3) is 0. The van der Waals surface area contributed by atoms with Gasteiger partial charge in [-0.25, -0.2) is 4.79 Å². The van der Waals surface area contributed by atoms with Gasteiger partial charge in [-0.15, -0.1) is 0 Å². The molecular formula is C3H5NO2Si. The first kappa shape index (κ1) is 4.39. The zero-order valence-corrected chi connectivity index (χ0v) is 5.89.